The van der Waals surface area contributed by atoms with E-state index in [1.54, 1.807) is 20.8 Å². The third kappa shape index (κ3) is 4.29. The maximum atomic E-state index is 12.9. The van der Waals surface area contributed by atoms with E-state index in [4.69, 9.17) is 21.1 Å². The highest BCUT2D eigenvalue weighted by Gasteiger charge is 2.32. The average Bonchev–Trinajstić information content (AvgIpc) is 3.12. The van der Waals surface area contributed by atoms with Crippen molar-refractivity contribution < 1.29 is 23.9 Å². The van der Waals surface area contributed by atoms with Gasteiger partial charge in [-0.1, -0.05) is 11.6 Å². The van der Waals surface area contributed by atoms with Gasteiger partial charge >= 0.3 is 6.09 Å². The SMILES string of the molecule is COc1cnc(Cl)c2[nH]cc(C(=O)C(=O)N3CCN(C(=O)OC(C)(C)C)CC3)c12. The number of aromatic nitrogens is 2. The summed E-state index contributed by atoms with van der Waals surface area (Å²) in [6.45, 7) is 6.45. The Morgan fingerprint density at radius 3 is 2.34 bits per heavy atom. The smallest absolute Gasteiger partial charge is 0.410 e. The van der Waals surface area contributed by atoms with Crippen LogP contribution >= 0.6 is 11.6 Å². The van der Waals surface area contributed by atoms with Crippen LogP contribution in [0.15, 0.2) is 12.4 Å². The minimum atomic E-state index is -0.678. The Labute approximate surface area is 172 Å². The number of amides is 2. The predicted octanol–water partition coefficient (Wildman–Crippen LogP) is 2.49. The fourth-order valence-electron chi connectivity index (χ4n) is 3.10. The number of fused-ring (bicyclic) bond motifs is 1. The molecule has 2 aromatic heterocycles. The van der Waals surface area contributed by atoms with Gasteiger partial charge in [-0.05, 0) is 20.8 Å². The maximum absolute atomic E-state index is 12.9. The van der Waals surface area contributed by atoms with Crippen molar-refractivity contribution in [2.45, 2.75) is 26.4 Å². The second-order valence-corrected chi connectivity index (χ2v) is 8.02. The van der Waals surface area contributed by atoms with Gasteiger partial charge in [-0.25, -0.2) is 9.78 Å². The van der Waals surface area contributed by atoms with Gasteiger partial charge in [-0.3, -0.25) is 9.59 Å². The number of carbonyl (C=O) groups excluding carboxylic acids is 3. The normalized spacial score (nSPS) is 14.8. The molecule has 3 rings (SSSR count). The Morgan fingerprint density at radius 1 is 1.14 bits per heavy atom. The van der Waals surface area contributed by atoms with Gasteiger partial charge in [0, 0.05) is 32.4 Å². The molecule has 10 heteroatoms. The van der Waals surface area contributed by atoms with E-state index in [-0.39, 0.29) is 23.8 Å². The highest BCUT2D eigenvalue weighted by Crippen LogP contribution is 2.32. The molecule has 2 amide bonds. The Bertz CT molecular complexity index is 957. The standard InChI is InChI=1S/C19H23ClN4O5/c1-19(2,3)29-18(27)24-7-5-23(6-8-24)17(26)15(25)11-9-21-14-13(11)12(28-4)10-22-16(14)20/h9-10,21H,5-8H2,1-4H3. The number of pyridine rings is 1. The summed E-state index contributed by atoms with van der Waals surface area (Å²) in [6.07, 6.45) is 2.40. The topological polar surface area (TPSA) is 105 Å². The zero-order valence-corrected chi connectivity index (χ0v) is 17.5. The molecule has 1 saturated heterocycles. The first-order valence-electron chi connectivity index (χ1n) is 9.13. The number of ether oxygens (including phenoxy) is 2. The fourth-order valence-corrected chi connectivity index (χ4v) is 3.30. The monoisotopic (exact) mass is 422 g/mol. The van der Waals surface area contributed by atoms with Crippen molar-refractivity contribution in [2.24, 2.45) is 0 Å². The van der Waals surface area contributed by atoms with Crippen molar-refractivity contribution in [3.05, 3.63) is 23.1 Å². The molecule has 0 aliphatic carbocycles. The quantitative estimate of drug-likeness (QED) is 0.463. The molecule has 0 aromatic carbocycles. The maximum Gasteiger partial charge on any atom is 0.410 e. The third-order valence-corrected chi connectivity index (χ3v) is 4.79. The van der Waals surface area contributed by atoms with Crippen LogP contribution < -0.4 is 4.74 Å². The van der Waals surface area contributed by atoms with Gasteiger partial charge in [0.25, 0.3) is 11.7 Å². The molecule has 1 aliphatic heterocycles. The van der Waals surface area contributed by atoms with Gasteiger partial charge in [0.2, 0.25) is 0 Å². The number of ketones is 1. The van der Waals surface area contributed by atoms with Crippen LogP contribution in [0.25, 0.3) is 10.9 Å². The second-order valence-electron chi connectivity index (χ2n) is 7.66. The lowest BCUT2D eigenvalue weighted by Crippen LogP contribution is -2.53. The lowest BCUT2D eigenvalue weighted by atomic mass is 10.1. The summed E-state index contributed by atoms with van der Waals surface area (Å²) in [5.74, 6) is -0.983. The van der Waals surface area contributed by atoms with Gasteiger partial charge < -0.3 is 24.3 Å². The largest absolute Gasteiger partial charge is 0.494 e. The highest BCUT2D eigenvalue weighted by atomic mass is 35.5. The molecule has 0 spiro atoms. The van der Waals surface area contributed by atoms with E-state index >= 15 is 0 Å². The van der Waals surface area contributed by atoms with E-state index in [1.807, 2.05) is 0 Å². The van der Waals surface area contributed by atoms with Crippen LogP contribution in [0, 0.1) is 0 Å². The first-order chi connectivity index (χ1) is 13.6. The van der Waals surface area contributed by atoms with E-state index in [9.17, 15) is 14.4 Å². The molecule has 156 valence electrons. The number of hydrogen-bond acceptors (Lipinski definition) is 6. The average molecular weight is 423 g/mol. The number of rotatable bonds is 3. The molecule has 1 fully saturated rings. The van der Waals surface area contributed by atoms with Crippen molar-refractivity contribution >= 4 is 40.3 Å². The van der Waals surface area contributed by atoms with Gasteiger partial charge in [-0.15, -0.1) is 0 Å². The van der Waals surface area contributed by atoms with E-state index < -0.39 is 23.4 Å². The first-order valence-corrected chi connectivity index (χ1v) is 9.51. The minimum absolute atomic E-state index is 0.167. The number of Topliss-reactive ketones (excluding diaryl/α,β-unsaturated/α-hetero) is 1. The van der Waals surface area contributed by atoms with Gasteiger partial charge in [0.05, 0.1) is 29.8 Å². The minimum Gasteiger partial charge on any atom is -0.494 e. The number of hydrogen-bond donors (Lipinski definition) is 1. The van der Waals surface area contributed by atoms with Crippen molar-refractivity contribution in [1.82, 2.24) is 19.8 Å². The molecule has 0 atom stereocenters. The molecular weight excluding hydrogens is 400 g/mol. The molecule has 29 heavy (non-hydrogen) atoms. The van der Waals surface area contributed by atoms with E-state index in [1.165, 1.54) is 29.3 Å². The highest BCUT2D eigenvalue weighted by molar-refractivity contribution is 6.45. The van der Waals surface area contributed by atoms with Crippen LogP contribution in [0.1, 0.15) is 31.1 Å². The molecule has 9 nitrogen and oxygen atoms in total. The van der Waals surface area contributed by atoms with Crippen LogP contribution in [0.3, 0.4) is 0 Å². The van der Waals surface area contributed by atoms with Crippen LogP contribution in [-0.4, -0.2) is 76.4 Å². The summed E-state index contributed by atoms with van der Waals surface area (Å²) < 4.78 is 10.6. The number of carbonyl (C=O) groups is 3. The Morgan fingerprint density at radius 2 is 1.76 bits per heavy atom. The molecule has 1 aliphatic rings. The zero-order chi connectivity index (χ0) is 21.3. The number of nitrogens with zero attached hydrogens (tertiary/aromatic N) is 3. The van der Waals surface area contributed by atoms with Crippen LogP contribution in [0.2, 0.25) is 5.15 Å². The van der Waals surface area contributed by atoms with E-state index in [2.05, 4.69) is 9.97 Å². The summed E-state index contributed by atoms with van der Waals surface area (Å²) >= 11 is 6.07. The molecule has 3 heterocycles. The van der Waals surface area contributed by atoms with Crippen molar-refractivity contribution in [2.75, 3.05) is 33.3 Å². The predicted molar refractivity (Wildman–Crippen MR) is 106 cm³/mol. The van der Waals surface area contributed by atoms with Gasteiger partial charge in [0.15, 0.2) is 5.15 Å². The fraction of sp³-hybridized carbons (Fsp3) is 0.474. The Kier molecular flexibility index (Phi) is 5.70. The molecule has 0 unspecified atom stereocenters. The van der Waals surface area contributed by atoms with Crippen molar-refractivity contribution in [1.29, 1.82) is 0 Å². The van der Waals surface area contributed by atoms with Crippen LogP contribution in [0.5, 0.6) is 5.75 Å². The number of halogens is 1. The second kappa shape index (κ2) is 7.90. The number of aromatic amines is 1. The Balaban J connectivity index is 1.73. The lowest BCUT2D eigenvalue weighted by Gasteiger charge is -2.35. The number of piperazine rings is 1. The number of nitrogens with one attached hydrogen (secondary N) is 1. The Hall–Kier alpha value is -2.81. The van der Waals surface area contributed by atoms with Crippen molar-refractivity contribution in [3.8, 4) is 5.75 Å². The third-order valence-electron chi connectivity index (χ3n) is 4.51. The molecule has 1 N–H and O–H groups in total. The molecule has 0 radical (unpaired) electrons. The van der Waals surface area contributed by atoms with Crippen LogP contribution in [-0.2, 0) is 9.53 Å². The number of H-pyrrole nitrogens is 1. The van der Waals surface area contributed by atoms with Gasteiger partial charge in [0.1, 0.15) is 11.4 Å². The molecular formula is C19H23ClN4O5. The zero-order valence-electron chi connectivity index (χ0n) is 16.7. The molecule has 0 bridgehead atoms. The summed E-state index contributed by atoms with van der Waals surface area (Å²) in [6, 6.07) is 0. The molecule has 0 saturated carbocycles. The van der Waals surface area contributed by atoms with Crippen molar-refractivity contribution in [3.63, 3.8) is 0 Å². The van der Waals surface area contributed by atoms with Crippen LogP contribution in [0.4, 0.5) is 4.79 Å². The summed E-state index contributed by atoms with van der Waals surface area (Å²) in [5, 5.41) is 0.594. The van der Waals surface area contributed by atoms with E-state index in [0.717, 1.165) is 0 Å². The van der Waals surface area contributed by atoms with E-state index in [0.29, 0.717) is 29.7 Å². The first kappa shape index (κ1) is 20.9. The molecule has 2 aromatic rings. The summed E-state index contributed by atoms with van der Waals surface area (Å²) in [5.41, 5.74) is 0.00230. The summed E-state index contributed by atoms with van der Waals surface area (Å²) in [7, 11) is 1.45. The van der Waals surface area contributed by atoms with Gasteiger partial charge in [-0.2, -0.15) is 0 Å². The summed E-state index contributed by atoms with van der Waals surface area (Å²) in [4.78, 5) is 47.6. The lowest BCUT2D eigenvalue weighted by molar-refractivity contribution is -0.128. The number of methoxy groups -OCH3 is 1.